The first-order valence-electron chi connectivity index (χ1n) is 11.5. The van der Waals surface area contributed by atoms with Crippen LogP contribution in [0, 0.1) is 0 Å². The van der Waals surface area contributed by atoms with Crippen molar-refractivity contribution in [2.75, 3.05) is 57.6 Å². The van der Waals surface area contributed by atoms with E-state index in [1.807, 2.05) is 23.1 Å². The number of fused-ring (bicyclic) bond motifs is 2. The van der Waals surface area contributed by atoms with Crippen LogP contribution in [0.1, 0.15) is 0 Å². The van der Waals surface area contributed by atoms with Gasteiger partial charge in [0.2, 0.25) is 12.1 Å². The Kier molecular flexibility index (Phi) is 8.07. The van der Waals surface area contributed by atoms with E-state index in [-0.39, 0.29) is 12.5 Å². The quantitative estimate of drug-likeness (QED) is 0.335. The minimum absolute atomic E-state index is 0.0834. The summed E-state index contributed by atoms with van der Waals surface area (Å²) in [7, 11) is -1.50. The molecule has 1 amide bonds. The lowest BCUT2D eigenvalue weighted by molar-refractivity contribution is -0.141. The molecule has 1 aromatic heterocycles. The molecular weight excluding hydrogens is 521 g/mol. The number of carbonyl (C=O) groups excluding carboxylic acids is 1. The van der Waals surface area contributed by atoms with E-state index in [2.05, 4.69) is 9.97 Å². The van der Waals surface area contributed by atoms with Crippen LogP contribution in [0.2, 0.25) is 0 Å². The fourth-order valence-electron chi connectivity index (χ4n) is 4.08. The van der Waals surface area contributed by atoms with Crippen LogP contribution < -0.4 is 29.6 Å². The number of nitrogen functional groups attached to an aromatic ring is 1. The second kappa shape index (κ2) is 11.3. The first-order chi connectivity index (χ1) is 18.1. The number of carbonyl (C=O) groups is 1. The summed E-state index contributed by atoms with van der Waals surface area (Å²) >= 11 is 0. The van der Waals surface area contributed by atoms with Gasteiger partial charge in [-0.2, -0.15) is 4.98 Å². The molecule has 15 heteroatoms. The molecule has 2 aliphatic heterocycles. The van der Waals surface area contributed by atoms with Crippen LogP contribution in [0.3, 0.4) is 0 Å². The van der Waals surface area contributed by atoms with Crippen molar-refractivity contribution in [3.05, 3.63) is 36.4 Å². The molecular formula is C23H28N5O9P. The Balaban J connectivity index is 0.000000617. The van der Waals surface area contributed by atoms with E-state index in [9.17, 15) is 4.79 Å². The van der Waals surface area contributed by atoms with E-state index in [4.69, 9.17) is 43.9 Å². The van der Waals surface area contributed by atoms with E-state index < -0.39 is 13.9 Å². The van der Waals surface area contributed by atoms with Crippen LogP contribution in [-0.4, -0.2) is 88.6 Å². The minimum atomic E-state index is -4.64. The van der Waals surface area contributed by atoms with Crippen molar-refractivity contribution < 1.29 is 43.0 Å². The summed E-state index contributed by atoms with van der Waals surface area (Å²) in [5.41, 5.74) is 6.89. The molecule has 0 saturated carbocycles. The summed E-state index contributed by atoms with van der Waals surface area (Å²) in [5, 5.41) is 0.694. The summed E-state index contributed by atoms with van der Waals surface area (Å²) < 4.78 is 31.2. The highest BCUT2D eigenvalue weighted by Gasteiger charge is 2.33. The van der Waals surface area contributed by atoms with Crippen LogP contribution in [0.5, 0.6) is 23.0 Å². The number of piperazine rings is 1. The smallest absolute Gasteiger partial charge is 0.466 e. The number of hydrogen-bond acceptors (Lipinski definition) is 10. The largest absolute Gasteiger partial charge is 0.493 e. The standard InChI is InChI=1S/C23H25N5O5.H3O4P/c1-30-18-11-14-15(12-19(18)31-2)25-23(26-21(14)24)28-9-7-27(8-10-28)22(29)20-13-32-16-5-3-4-6-17(16)33-20;1-5(2,3)4/h3-6,11-12,20H,7-10,13H2,1-2H3,(H2,24,25,26);(H3,1,2,3,4). The van der Waals surface area contributed by atoms with Crippen molar-refractivity contribution in [1.29, 1.82) is 0 Å². The Morgan fingerprint density at radius 2 is 1.63 bits per heavy atom. The Hall–Kier alpha value is -3.84. The van der Waals surface area contributed by atoms with Gasteiger partial charge in [0.1, 0.15) is 12.4 Å². The number of hydrogen-bond donors (Lipinski definition) is 4. The Morgan fingerprint density at radius 1 is 1.03 bits per heavy atom. The lowest BCUT2D eigenvalue weighted by Crippen LogP contribution is -2.54. The van der Waals surface area contributed by atoms with Crippen molar-refractivity contribution in [3.63, 3.8) is 0 Å². The molecule has 0 spiro atoms. The van der Waals surface area contributed by atoms with E-state index in [1.54, 1.807) is 37.3 Å². The molecule has 5 rings (SSSR count). The van der Waals surface area contributed by atoms with Gasteiger partial charge in [0, 0.05) is 37.6 Å². The molecule has 0 aliphatic carbocycles. The molecule has 2 aromatic carbocycles. The number of para-hydroxylation sites is 2. The van der Waals surface area contributed by atoms with Crippen LogP contribution in [-0.2, 0) is 9.36 Å². The number of anilines is 2. The molecule has 38 heavy (non-hydrogen) atoms. The topological polar surface area (TPSA) is 190 Å². The van der Waals surface area contributed by atoms with Gasteiger partial charge in [-0.3, -0.25) is 4.79 Å². The molecule has 0 bridgehead atoms. The van der Waals surface area contributed by atoms with Crippen molar-refractivity contribution in [2.24, 2.45) is 0 Å². The lowest BCUT2D eigenvalue weighted by Gasteiger charge is -2.37. The maximum atomic E-state index is 13.0. The fraction of sp³-hybridized carbons (Fsp3) is 0.348. The molecule has 3 aromatic rings. The number of nitrogens with two attached hydrogens (primary N) is 1. The average Bonchev–Trinajstić information content (AvgIpc) is 2.90. The van der Waals surface area contributed by atoms with E-state index in [0.717, 1.165) is 0 Å². The molecule has 1 saturated heterocycles. The van der Waals surface area contributed by atoms with E-state index >= 15 is 0 Å². The van der Waals surface area contributed by atoms with Gasteiger partial charge in [0.25, 0.3) is 5.91 Å². The van der Waals surface area contributed by atoms with Gasteiger partial charge in [0.05, 0.1) is 19.7 Å². The predicted octanol–water partition coefficient (Wildman–Crippen LogP) is 0.789. The third-order valence-electron chi connectivity index (χ3n) is 5.88. The highest BCUT2D eigenvalue weighted by molar-refractivity contribution is 7.45. The molecule has 1 fully saturated rings. The highest BCUT2D eigenvalue weighted by atomic mass is 31.2. The van der Waals surface area contributed by atoms with Crippen molar-refractivity contribution >= 4 is 36.4 Å². The number of phosphoric acid groups is 1. The summed E-state index contributed by atoms with van der Waals surface area (Å²) in [6.07, 6.45) is -0.651. The number of rotatable bonds is 4. The molecule has 5 N–H and O–H groups in total. The maximum Gasteiger partial charge on any atom is 0.466 e. The van der Waals surface area contributed by atoms with Gasteiger partial charge >= 0.3 is 7.82 Å². The molecule has 14 nitrogen and oxygen atoms in total. The zero-order chi connectivity index (χ0) is 27.4. The van der Waals surface area contributed by atoms with Crippen LogP contribution in [0.15, 0.2) is 36.4 Å². The first kappa shape index (κ1) is 27.2. The number of benzene rings is 2. The predicted molar refractivity (Wildman–Crippen MR) is 136 cm³/mol. The number of amides is 1. The summed E-state index contributed by atoms with van der Waals surface area (Å²) in [5.74, 6) is 3.18. The molecule has 1 atom stereocenters. The molecule has 1 unspecified atom stereocenters. The van der Waals surface area contributed by atoms with E-state index in [1.165, 1.54) is 0 Å². The van der Waals surface area contributed by atoms with Gasteiger partial charge in [-0.1, -0.05) is 12.1 Å². The normalized spacial score (nSPS) is 16.9. The van der Waals surface area contributed by atoms with Crippen LogP contribution in [0.4, 0.5) is 11.8 Å². The average molecular weight is 549 g/mol. The molecule has 204 valence electrons. The van der Waals surface area contributed by atoms with Crippen molar-refractivity contribution in [3.8, 4) is 23.0 Å². The van der Waals surface area contributed by atoms with Gasteiger partial charge in [-0.05, 0) is 18.2 Å². The van der Waals surface area contributed by atoms with Crippen molar-refractivity contribution in [1.82, 2.24) is 14.9 Å². The van der Waals surface area contributed by atoms with Gasteiger partial charge in [0.15, 0.2) is 23.0 Å². The van der Waals surface area contributed by atoms with Gasteiger partial charge in [-0.25, -0.2) is 9.55 Å². The lowest BCUT2D eigenvalue weighted by atomic mass is 10.2. The summed E-state index contributed by atoms with van der Waals surface area (Å²) in [4.78, 5) is 47.5. The van der Waals surface area contributed by atoms with Gasteiger partial charge in [-0.15, -0.1) is 0 Å². The van der Waals surface area contributed by atoms with Gasteiger partial charge < -0.3 is 49.2 Å². The highest BCUT2D eigenvalue weighted by Crippen LogP contribution is 2.34. The maximum absolute atomic E-state index is 13.0. The number of nitrogens with zero attached hydrogens (tertiary/aromatic N) is 4. The summed E-state index contributed by atoms with van der Waals surface area (Å²) in [6.45, 7) is 2.40. The molecule has 0 radical (unpaired) electrons. The molecule has 3 heterocycles. The van der Waals surface area contributed by atoms with Crippen LogP contribution >= 0.6 is 7.82 Å². The molecule has 2 aliphatic rings. The van der Waals surface area contributed by atoms with Crippen LogP contribution in [0.25, 0.3) is 10.9 Å². The second-order valence-corrected chi connectivity index (χ2v) is 9.35. The third kappa shape index (κ3) is 6.34. The number of methoxy groups -OCH3 is 2. The monoisotopic (exact) mass is 549 g/mol. The Bertz CT molecular complexity index is 1350. The Labute approximate surface area is 217 Å². The zero-order valence-corrected chi connectivity index (χ0v) is 21.6. The third-order valence-corrected chi connectivity index (χ3v) is 5.88. The Morgan fingerprint density at radius 3 is 2.26 bits per heavy atom. The number of aromatic nitrogens is 2. The first-order valence-corrected chi connectivity index (χ1v) is 13.0. The minimum Gasteiger partial charge on any atom is -0.493 e. The summed E-state index contributed by atoms with van der Waals surface area (Å²) in [6, 6.07) is 10.9. The second-order valence-electron chi connectivity index (χ2n) is 8.32. The number of ether oxygens (including phenoxy) is 4. The van der Waals surface area contributed by atoms with Crippen molar-refractivity contribution in [2.45, 2.75) is 6.10 Å². The fourth-order valence-corrected chi connectivity index (χ4v) is 4.08. The SMILES string of the molecule is COc1cc2nc(N3CCN(C(=O)C4COc5ccccc5O4)CC3)nc(N)c2cc1OC.O=P(O)(O)O. The zero-order valence-electron chi connectivity index (χ0n) is 20.7. The van der Waals surface area contributed by atoms with E-state index in [0.29, 0.717) is 71.8 Å².